The Morgan fingerprint density at radius 2 is 1.70 bits per heavy atom. The number of benzene rings is 1. The van der Waals surface area contributed by atoms with Gasteiger partial charge >= 0.3 is 6.18 Å². The van der Waals surface area contributed by atoms with Crippen LogP contribution in [0.2, 0.25) is 0 Å². The number of likely N-dealkylation sites (tertiary alicyclic amines) is 1. The number of alkyl halides is 3. The van der Waals surface area contributed by atoms with Gasteiger partial charge in [0.1, 0.15) is 0 Å². The number of carbonyl (C=O) groups excluding carboxylic acids is 2. The molecule has 1 aliphatic rings. The van der Waals surface area contributed by atoms with Gasteiger partial charge in [0, 0.05) is 18.7 Å². The molecule has 0 spiro atoms. The second kappa shape index (κ2) is 6.70. The Morgan fingerprint density at radius 1 is 1.17 bits per heavy atom. The summed E-state index contributed by atoms with van der Waals surface area (Å²) in [6.45, 7) is 1.93. The minimum absolute atomic E-state index is 0.0214. The minimum Gasteiger partial charge on any atom is -0.383 e. The molecule has 1 heterocycles. The van der Waals surface area contributed by atoms with Gasteiger partial charge in [0.25, 0.3) is 5.91 Å². The maximum absolute atomic E-state index is 12.5. The highest BCUT2D eigenvalue weighted by atomic mass is 19.4. The molecule has 1 atom stereocenters. The van der Waals surface area contributed by atoms with Crippen molar-refractivity contribution in [3.63, 3.8) is 0 Å². The Hall–Kier alpha value is -1.89. The van der Waals surface area contributed by atoms with Gasteiger partial charge in [0.05, 0.1) is 0 Å². The summed E-state index contributed by atoms with van der Waals surface area (Å²) in [6, 6.07) is 6.53. The molecular formula is C16H18F3NO3. The highest BCUT2D eigenvalue weighted by Crippen LogP contribution is 2.31. The van der Waals surface area contributed by atoms with E-state index in [1.54, 1.807) is 24.3 Å². The summed E-state index contributed by atoms with van der Waals surface area (Å²) in [7, 11) is 0. The third kappa shape index (κ3) is 4.10. The molecular weight excluding hydrogens is 311 g/mol. The topological polar surface area (TPSA) is 57.6 Å². The molecule has 1 unspecified atom stereocenters. The van der Waals surface area contributed by atoms with E-state index >= 15 is 0 Å². The molecule has 0 saturated carbocycles. The van der Waals surface area contributed by atoms with Gasteiger partial charge < -0.3 is 10.0 Å². The molecule has 7 heteroatoms. The van der Waals surface area contributed by atoms with E-state index in [-0.39, 0.29) is 31.5 Å². The molecule has 0 aliphatic carbocycles. The summed E-state index contributed by atoms with van der Waals surface area (Å²) in [5.41, 5.74) is 1.22. The average Bonchev–Trinajstić information content (AvgIpc) is 2.53. The molecule has 0 radical (unpaired) electrons. The number of amides is 1. The molecule has 2 rings (SSSR count). The summed E-state index contributed by atoms with van der Waals surface area (Å²) in [6.07, 6.45) is -7.00. The lowest BCUT2D eigenvalue weighted by molar-refractivity contribution is -0.222. The number of Topliss-reactive ketones (excluding diaryl/α,β-unsaturated/α-hetero) is 1. The first-order chi connectivity index (χ1) is 10.7. The maximum Gasteiger partial charge on any atom is 0.414 e. The first kappa shape index (κ1) is 17.5. The van der Waals surface area contributed by atoms with Crippen LogP contribution in [0.25, 0.3) is 0 Å². The number of piperidine rings is 1. The molecule has 1 aromatic rings. The molecule has 1 amide bonds. The van der Waals surface area contributed by atoms with Gasteiger partial charge in [-0.2, -0.15) is 13.2 Å². The van der Waals surface area contributed by atoms with Crippen molar-refractivity contribution in [3.8, 4) is 0 Å². The highest BCUT2D eigenvalue weighted by Gasteiger charge is 2.44. The van der Waals surface area contributed by atoms with Gasteiger partial charge in [-0.25, -0.2) is 0 Å². The standard InChI is InChI=1S/C16H18F3NO3/c1-10-2-4-11(5-3-10)13(21)15(23)20-8-6-12(7-9-20)14(22)16(17,18)19/h2-5,12,14,22H,6-9H2,1H3. The van der Waals surface area contributed by atoms with E-state index in [0.717, 1.165) is 5.56 Å². The van der Waals surface area contributed by atoms with Crippen LogP contribution in [0.4, 0.5) is 13.2 Å². The lowest BCUT2D eigenvalue weighted by Gasteiger charge is -2.34. The van der Waals surface area contributed by atoms with E-state index in [1.807, 2.05) is 6.92 Å². The van der Waals surface area contributed by atoms with Crippen molar-refractivity contribution in [2.75, 3.05) is 13.1 Å². The number of aliphatic hydroxyl groups is 1. The molecule has 1 aromatic carbocycles. The number of carbonyl (C=O) groups is 2. The molecule has 1 N–H and O–H groups in total. The summed E-state index contributed by atoms with van der Waals surface area (Å²) in [4.78, 5) is 25.5. The van der Waals surface area contributed by atoms with E-state index in [1.165, 1.54) is 4.90 Å². The van der Waals surface area contributed by atoms with Crippen LogP contribution in [-0.2, 0) is 4.79 Å². The Balaban J connectivity index is 1.96. The lowest BCUT2D eigenvalue weighted by atomic mass is 9.90. The number of nitrogens with zero attached hydrogens (tertiary/aromatic N) is 1. The van der Waals surface area contributed by atoms with E-state index in [4.69, 9.17) is 0 Å². The number of hydrogen-bond donors (Lipinski definition) is 1. The number of aryl methyl sites for hydroxylation is 1. The van der Waals surface area contributed by atoms with Crippen LogP contribution in [0.1, 0.15) is 28.8 Å². The number of hydrogen-bond acceptors (Lipinski definition) is 3. The smallest absolute Gasteiger partial charge is 0.383 e. The molecule has 1 saturated heterocycles. The Morgan fingerprint density at radius 3 is 2.17 bits per heavy atom. The highest BCUT2D eigenvalue weighted by molar-refractivity contribution is 6.42. The third-order valence-corrected chi connectivity index (χ3v) is 4.12. The second-order valence-corrected chi connectivity index (χ2v) is 5.81. The van der Waals surface area contributed by atoms with Crippen LogP contribution in [0, 0.1) is 12.8 Å². The average molecular weight is 329 g/mol. The number of aliphatic hydroxyl groups excluding tert-OH is 1. The van der Waals surface area contributed by atoms with Crippen LogP contribution in [0.15, 0.2) is 24.3 Å². The zero-order valence-corrected chi connectivity index (χ0v) is 12.6. The lowest BCUT2D eigenvalue weighted by Crippen LogP contribution is -2.46. The van der Waals surface area contributed by atoms with Crippen molar-refractivity contribution in [1.82, 2.24) is 4.90 Å². The van der Waals surface area contributed by atoms with Crippen LogP contribution >= 0.6 is 0 Å². The maximum atomic E-state index is 12.5. The number of rotatable bonds is 3. The van der Waals surface area contributed by atoms with Crippen LogP contribution in [-0.4, -0.2) is 47.1 Å². The fourth-order valence-electron chi connectivity index (χ4n) is 2.66. The zero-order chi connectivity index (χ0) is 17.2. The van der Waals surface area contributed by atoms with Crippen molar-refractivity contribution in [1.29, 1.82) is 0 Å². The Labute approximate surface area is 131 Å². The van der Waals surface area contributed by atoms with E-state index in [0.29, 0.717) is 0 Å². The predicted molar refractivity (Wildman–Crippen MR) is 76.9 cm³/mol. The summed E-state index contributed by atoms with van der Waals surface area (Å²) >= 11 is 0. The van der Waals surface area contributed by atoms with Crippen LogP contribution in [0.5, 0.6) is 0 Å². The fourth-order valence-corrected chi connectivity index (χ4v) is 2.66. The van der Waals surface area contributed by atoms with Gasteiger partial charge in [-0.15, -0.1) is 0 Å². The molecule has 1 fully saturated rings. The Kier molecular flexibility index (Phi) is 5.09. The third-order valence-electron chi connectivity index (χ3n) is 4.12. The van der Waals surface area contributed by atoms with Gasteiger partial charge in [0.15, 0.2) is 6.10 Å². The predicted octanol–water partition coefficient (Wildman–Crippen LogP) is 2.34. The normalized spacial score (nSPS) is 17.9. The zero-order valence-electron chi connectivity index (χ0n) is 12.6. The van der Waals surface area contributed by atoms with Gasteiger partial charge in [-0.3, -0.25) is 9.59 Å². The van der Waals surface area contributed by atoms with Crippen molar-refractivity contribution >= 4 is 11.7 Å². The first-order valence-electron chi connectivity index (χ1n) is 7.35. The minimum atomic E-state index is -4.66. The summed E-state index contributed by atoms with van der Waals surface area (Å²) in [5.74, 6) is -2.32. The molecule has 0 aromatic heterocycles. The monoisotopic (exact) mass is 329 g/mol. The molecule has 1 aliphatic heterocycles. The van der Waals surface area contributed by atoms with Gasteiger partial charge in [-0.05, 0) is 25.7 Å². The van der Waals surface area contributed by atoms with Gasteiger partial charge in [-0.1, -0.05) is 29.8 Å². The number of ketones is 1. The first-order valence-corrected chi connectivity index (χ1v) is 7.35. The van der Waals surface area contributed by atoms with Crippen LogP contribution < -0.4 is 0 Å². The van der Waals surface area contributed by atoms with E-state index < -0.39 is 29.9 Å². The van der Waals surface area contributed by atoms with E-state index in [9.17, 15) is 27.9 Å². The van der Waals surface area contributed by atoms with Crippen molar-refractivity contribution in [3.05, 3.63) is 35.4 Å². The fraction of sp³-hybridized carbons (Fsp3) is 0.500. The molecule has 126 valence electrons. The largest absolute Gasteiger partial charge is 0.414 e. The SMILES string of the molecule is Cc1ccc(C(=O)C(=O)N2CCC(C(O)C(F)(F)F)CC2)cc1. The Bertz CT molecular complexity index is 575. The van der Waals surface area contributed by atoms with E-state index in [2.05, 4.69) is 0 Å². The quantitative estimate of drug-likeness (QED) is 0.684. The second-order valence-electron chi connectivity index (χ2n) is 5.81. The summed E-state index contributed by atoms with van der Waals surface area (Å²) < 4.78 is 37.5. The summed E-state index contributed by atoms with van der Waals surface area (Å²) in [5, 5.41) is 9.25. The molecule has 0 bridgehead atoms. The van der Waals surface area contributed by atoms with Crippen LogP contribution in [0.3, 0.4) is 0 Å². The van der Waals surface area contributed by atoms with Crippen molar-refractivity contribution in [2.24, 2.45) is 5.92 Å². The van der Waals surface area contributed by atoms with Crippen molar-refractivity contribution in [2.45, 2.75) is 32.0 Å². The number of halogens is 3. The molecule has 23 heavy (non-hydrogen) atoms. The van der Waals surface area contributed by atoms with Crippen molar-refractivity contribution < 1.29 is 27.9 Å². The van der Waals surface area contributed by atoms with Gasteiger partial charge in [0.2, 0.25) is 5.78 Å². The molecule has 4 nitrogen and oxygen atoms in total.